The standard InChI is InChI=1S/C22H25N5O2/c1-4-27(5-2)18-10-8-17(9-11-18)23-20-14-15-21(26-25-20)24-22(28)16-6-12-19(29-3)13-7-16/h6-15H,4-5H2,1-3H3,(H,23,25)(H,24,26,28). The molecule has 150 valence electrons. The molecule has 3 aromatic rings. The van der Waals surface area contributed by atoms with Gasteiger partial charge >= 0.3 is 0 Å². The number of carbonyl (C=O) groups is 1. The summed E-state index contributed by atoms with van der Waals surface area (Å²) >= 11 is 0. The molecule has 0 saturated heterocycles. The maximum atomic E-state index is 12.3. The molecule has 1 amide bonds. The molecule has 2 aromatic carbocycles. The number of hydrogen-bond acceptors (Lipinski definition) is 6. The number of nitrogens with zero attached hydrogens (tertiary/aromatic N) is 3. The lowest BCUT2D eigenvalue weighted by molar-refractivity contribution is 0.102. The number of anilines is 4. The lowest BCUT2D eigenvalue weighted by Gasteiger charge is -2.21. The summed E-state index contributed by atoms with van der Waals surface area (Å²) in [4.78, 5) is 14.6. The molecule has 0 aliphatic heterocycles. The molecule has 1 heterocycles. The van der Waals surface area contributed by atoms with Gasteiger partial charge in [0.25, 0.3) is 5.91 Å². The van der Waals surface area contributed by atoms with Gasteiger partial charge in [-0.05, 0) is 74.5 Å². The first-order valence-electron chi connectivity index (χ1n) is 9.54. The van der Waals surface area contributed by atoms with Crippen LogP contribution in [0.1, 0.15) is 24.2 Å². The summed E-state index contributed by atoms with van der Waals surface area (Å²) in [5.41, 5.74) is 2.62. The third-order valence-electron chi connectivity index (χ3n) is 4.53. The predicted octanol–water partition coefficient (Wildman–Crippen LogP) is 4.33. The highest BCUT2D eigenvalue weighted by Crippen LogP contribution is 2.20. The van der Waals surface area contributed by atoms with Crippen LogP contribution < -0.4 is 20.3 Å². The van der Waals surface area contributed by atoms with Gasteiger partial charge in [0.05, 0.1) is 7.11 Å². The fourth-order valence-corrected chi connectivity index (χ4v) is 2.89. The van der Waals surface area contributed by atoms with Crippen molar-refractivity contribution in [2.45, 2.75) is 13.8 Å². The van der Waals surface area contributed by atoms with Gasteiger partial charge in [0.2, 0.25) is 0 Å². The van der Waals surface area contributed by atoms with Gasteiger partial charge in [0.15, 0.2) is 11.6 Å². The second-order valence-electron chi connectivity index (χ2n) is 6.33. The van der Waals surface area contributed by atoms with Crippen LogP contribution >= 0.6 is 0 Å². The van der Waals surface area contributed by atoms with E-state index in [-0.39, 0.29) is 5.91 Å². The average Bonchev–Trinajstić information content (AvgIpc) is 2.77. The molecule has 7 nitrogen and oxygen atoms in total. The van der Waals surface area contributed by atoms with Gasteiger partial charge in [-0.15, -0.1) is 10.2 Å². The van der Waals surface area contributed by atoms with Crippen LogP contribution in [0.4, 0.5) is 23.0 Å². The van der Waals surface area contributed by atoms with Crippen molar-refractivity contribution in [2.24, 2.45) is 0 Å². The number of nitrogens with one attached hydrogen (secondary N) is 2. The lowest BCUT2D eigenvalue weighted by atomic mass is 10.2. The first kappa shape index (κ1) is 20.1. The first-order valence-corrected chi connectivity index (χ1v) is 9.54. The molecule has 0 saturated carbocycles. The van der Waals surface area contributed by atoms with E-state index < -0.39 is 0 Å². The van der Waals surface area contributed by atoms with E-state index in [0.717, 1.165) is 18.8 Å². The number of rotatable bonds is 8. The van der Waals surface area contributed by atoms with Crippen LogP contribution in [0.25, 0.3) is 0 Å². The van der Waals surface area contributed by atoms with Crippen LogP contribution in [0.3, 0.4) is 0 Å². The molecule has 0 radical (unpaired) electrons. The molecular formula is C22H25N5O2. The SMILES string of the molecule is CCN(CC)c1ccc(Nc2ccc(NC(=O)c3ccc(OC)cc3)nn2)cc1. The van der Waals surface area contributed by atoms with Crippen molar-refractivity contribution >= 4 is 28.9 Å². The van der Waals surface area contributed by atoms with Crippen molar-refractivity contribution in [1.82, 2.24) is 10.2 Å². The van der Waals surface area contributed by atoms with Crippen molar-refractivity contribution in [2.75, 3.05) is 35.7 Å². The zero-order valence-electron chi connectivity index (χ0n) is 16.8. The number of hydrogen-bond donors (Lipinski definition) is 2. The average molecular weight is 391 g/mol. The lowest BCUT2D eigenvalue weighted by Crippen LogP contribution is -2.21. The summed E-state index contributed by atoms with van der Waals surface area (Å²) in [5, 5.41) is 14.1. The molecule has 0 bridgehead atoms. The van der Waals surface area contributed by atoms with Gasteiger partial charge in [0.1, 0.15) is 5.75 Å². The normalized spacial score (nSPS) is 10.3. The van der Waals surface area contributed by atoms with E-state index in [9.17, 15) is 4.79 Å². The van der Waals surface area contributed by atoms with E-state index in [2.05, 4.69) is 51.7 Å². The Morgan fingerprint density at radius 1 is 0.897 bits per heavy atom. The summed E-state index contributed by atoms with van der Waals surface area (Å²) in [6, 6.07) is 18.5. The van der Waals surface area contributed by atoms with Crippen LogP contribution in [0.15, 0.2) is 60.7 Å². The summed E-state index contributed by atoms with van der Waals surface area (Å²) < 4.78 is 5.10. The molecule has 0 unspecified atom stereocenters. The Morgan fingerprint density at radius 3 is 2.07 bits per heavy atom. The van der Waals surface area contributed by atoms with Crippen LogP contribution in [0.2, 0.25) is 0 Å². The fourth-order valence-electron chi connectivity index (χ4n) is 2.89. The molecule has 3 rings (SSSR count). The van der Waals surface area contributed by atoms with Gasteiger partial charge in [0, 0.05) is 30.0 Å². The summed E-state index contributed by atoms with van der Waals surface area (Å²) in [6.45, 7) is 6.22. The van der Waals surface area contributed by atoms with Crippen LogP contribution in [0, 0.1) is 0 Å². The second-order valence-corrected chi connectivity index (χ2v) is 6.33. The molecule has 0 aliphatic carbocycles. The zero-order chi connectivity index (χ0) is 20.6. The largest absolute Gasteiger partial charge is 0.497 e. The third-order valence-corrected chi connectivity index (χ3v) is 4.53. The van der Waals surface area contributed by atoms with Crippen molar-refractivity contribution in [3.05, 3.63) is 66.2 Å². The number of amides is 1. The van der Waals surface area contributed by atoms with Crippen LogP contribution in [0.5, 0.6) is 5.75 Å². The fraction of sp³-hybridized carbons (Fsp3) is 0.227. The van der Waals surface area contributed by atoms with E-state index in [1.165, 1.54) is 5.69 Å². The van der Waals surface area contributed by atoms with E-state index in [4.69, 9.17) is 4.74 Å². The molecule has 1 aromatic heterocycles. The molecule has 0 spiro atoms. The highest BCUT2D eigenvalue weighted by molar-refractivity contribution is 6.03. The maximum Gasteiger partial charge on any atom is 0.256 e. The number of benzene rings is 2. The predicted molar refractivity (Wildman–Crippen MR) is 116 cm³/mol. The molecule has 0 aliphatic rings. The van der Waals surface area contributed by atoms with E-state index in [1.807, 2.05) is 12.1 Å². The Hall–Kier alpha value is -3.61. The Labute approximate surface area is 170 Å². The number of ether oxygens (including phenoxy) is 1. The van der Waals surface area contributed by atoms with Gasteiger partial charge in [-0.1, -0.05) is 0 Å². The van der Waals surface area contributed by atoms with Gasteiger partial charge in [-0.3, -0.25) is 4.79 Å². The van der Waals surface area contributed by atoms with Gasteiger partial charge < -0.3 is 20.3 Å². The minimum absolute atomic E-state index is 0.255. The topological polar surface area (TPSA) is 79.4 Å². The number of aromatic nitrogens is 2. The maximum absolute atomic E-state index is 12.3. The quantitative estimate of drug-likeness (QED) is 0.595. The number of carbonyl (C=O) groups excluding carboxylic acids is 1. The molecule has 7 heteroatoms. The summed E-state index contributed by atoms with van der Waals surface area (Å²) in [5.74, 6) is 1.42. The van der Waals surface area contributed by atoms with E-state index >= 15 is 0 Å². The Morgan fingerprint density at radius 2 is 1.52 bits per heavy atom. The Kier molecular flexibility index (Phi) is 6.63. The highest BCUT2D eigenvalue weighted by Gasteiger charge is 2.08. The minimum Gasteiger partial charge on any atom is -0.497 e. The second kappa shape index (κ2) is 9.54. The smallest absolute Gasteiger partial charge is 0.256 e. The van der Waals surface area contributed by atoms with Crippen molar-refractivity contribution in [3.63, 3.8) is 0 Å². The highest BCUT2D eigenvalue weighted by atomic mass is 16.5. The Balaban J connectivity index is 1.60. The minimum atomic E-state index is -0.255. The molecule has 0 atom stereocenters. The molecule has 0 fully saturated rings. The summed E-state index contributed by atoms with van der Waals surface area (Å²) in [6.07, 6.45) is 0. The van der Waals surface area contributed by atoms with Crippen molar-refractivity contribution in [1.29, 1.82) is 0 Å². The van der Waals surface area contributed by atoms with Crippen molar-refractivity contribution < 1.29 is 9.53 Å². The third kappa shape index (κ3) is 5.22. The van der Waals surface area contributed by atoms with Gasteiger partial charge in [-0.2, -0.15) is 0 Å². The summed E-state index contributed by atoms with van der Waals surface area (Å²) in [7, 11) is 1.58. The van der Waals surface area contributed by atoms with E-state index in [1.54, 1.807) is 43.5 Å². The Bertz CT molecular complexity index is 921. The molecular weight excluding hydrogens is 366 g/mol. The zero-order valence-corrected chi connectivity index (χ0v) is 16.8. The van der Waals surface area contributed by atoms with Crippen LogP contribution in [-0.2, 0) is 0 Å². The van der Waals surface area contributed by atoms with Gasteiger partial charge in [-0.25, -0.2) is 0 Å². The molecule has 29 heavy (non-hydrogen) atoms. The first-order chi connectivity index (χ1) is 14.1. The van der Waals surface area contributed by atoms with Crippen molar-refractivity contribution in [3.8, 4) is 5.75 Å². The molecule has 2 N–H and O–H groups in total. The van der Waals surface area contributed by atoms with Crippen LogP contribution in [-0.4, -0.2) is 36.3 Å². The van der Waals surface area contributed by atoms with E-state index in [0.29, 0.717) is 22.9 Å². The number of methoxy groups -OCH3 is 1. The monoisotopic (exact) mass is 391 g/mol.